The van der Waals surface area contributed by atoms with E-state index in [1.54, 1.807) is 30.3 Å². The van der Waals surface area contributed by atoms with Gasteiger partial charge in [-0.05, 0) is 24.3 Å². The van der Waals surface area contributed by atoms with E-state index >= 15 is 0 Å². The highest BCUT2D eigenvalue weighted by Gasteiger charge is 2.01. The number of nitrogens with two attached hydrogens (primary N) is 1. The minimum Gasteiger partial charge on any atom is -0.394 e. The van der Waals surface area contributed by atoms with Crippen LogP contribution in [0.15, 0.2) is 35.1 Å². The molecular weight excluding hydrogens is 188 g/mol. The van der Waals surface area contributed by atoms with E-state index in [2.05, 4.69) is 0 Å². The first-order chi connectivity index (χ1) is 6.20. The fraction of sp³-hybridized carbons (Fsp3) is 0. The van der Waals surface area contributed by atoms with Gasteiger partial charge in [-0.1, -0.05) is 17.7 Å². The lowest BCUT2D eigenvalue weighted by Gasteiger charge is -2.02. The molecule has 2 rings (SSSR count). The first-order valence-corrected chi connectivity index (χ1v) is 4.14. The third kappa shape index (κ3) is 1.17. The molecule has 2 aromatic rings. The zero-order valence-corrected chi connectivity index (χ0v) is 7.45. The summed E-state index contributed by atoms with van der Waals surface area (Å²) < 4.78 is 1.37. The normalized spacial score (nSPS) is 10.5. The molecule has 3 nitrogen and oxygen atoms in total. The highest BCUT2D eigenvalue weighted by Crippen LogP contribution is 2.10. The van der Waals surface area contributed by atoms with Crippen molar-refractivity contribution >= 4 is 22.8 Å². The number of fused-ring (bicyclic) bond motifs is 1. The topological polar surface area (TPSA) is 47.5 Å². The molecule has 0 spiro atoms. The van der Waals surface area contributed by atoms with E-state index in [4.69, 9.17) is 17.3 Å². The highest BCUT2D eigenvalue weighted by atomic mass is 35.5. The molecule has 2 aromatic heterocycles. The summed E-state index contributed by atoms with van der Waals surface area (Å²) in [7, 11) is 0. The maximum Gasteiger partial charge on any atom is 0.279 e. The van der Waals surface area contributed by atoms with E-state index in [-0.39, 0.29) is 11.2 Å². The molecule has 2 N–H and O–H groups in total. The molecule has 0 aliphatic heterocycles. The smallest absolute Gasteiger partial charge is 0.279 e. The summed E-state index contributed by atoms with van der Waals surface area (Å²) in [5, 5.41) is 0.370. The number of rotatable bonds is 0. The van der Waals surface area contributed by atoms with Gasteiger partial charge in [-0.25, -0.2) is 0 Å². The van der Waals surface area contributed by atoms with Gasteiger partial charge in [0.15, 0.2) is 0 Å². The Morgan fingerprint density at radius 1 is 1.23 bits per heavy atom. The van der Waals surface area contributed by atoms with Crippen molar-refractivity contribution in [2.45, 2.75) is 0 Å². The lowest BCUT2D eigenvalue weighted by molar-refractivity contribution is 1.10. The maximum absolute atomic E-state index is 11.5. The molecule has 2 heterocycles. The van der Waals surface area contributed by atoms with Gasteiger partial charge in [0, 0.05) is 0 Å². The van der Waals surface area contributed by atoms with Crippen molar-refractivity contribution in [1.82, 2.24) is 4.40 Å². The molecule has 66 valence electrons. The lowest BCUT2D eigenvalue weighted by Crippen LogP contribution is -2.17. The quantitative estimate of drug-likeness (QED) is 0.647. The van der Waals surface area contributed by atoms with Gasteiger partial charge in [0.2, 0.25) is 0 Å². The molecular formula is C9H7ClN2O. The predicted molar refractivity (Wildman–Crippen MR) is 53.1 cm³/mol. The van der Waals surface area contributed by atoms with Gasteiger partial charge < -0.3 is 5.73 Å². The minimum absolute atomic E-state index is 0.200. The summed E-state index contributed by atoms with van der Waals surface area (Å²) in [4.78, 5) is 11.5. The Morgan fingerprint density at radius 3 is 2.77 bits per heavy atom. The lowest BCUT2D eigenvalue weighted by atomic mass is 10.3. The van der Waals surface area contributed by atoms with Crippen LogP contribution < -0.4 is 11.3 Å². The van der Waals surface area contributed by atoms with E-state index in [0.29, 0.717) is 5.15 Å². The summed E-state index contributed by atoms with van der Waals surface area (Å²) in [6.45, 7) is 0. The second-order valence-electron chi connectivity index (χ2n) is 2.70. The second-order valence-corrected chi connectivity index (χ2v) is 3.09. The number of nitrogen functional groups attached to an aromatic ring is 1. The molecule has 0 aliphatic carbocycles. The monoisotopic (exact) mass is 194 g/mol. The standard InChI is InChI=1S/C9H7ClN2O/c10-8-3-1-2-6-4-5-7(11)9(13)12(6)8/h1-5H,11H2. The van der Waals surface area contributed by atoms with E-state index in [0.717, 1.165) is 5.52 Å². The average Bonchev–Trinajstić information content (AvgIpc) is 2.12. The van der Waals surface area contributed by atoms with Crippen LogP contribution in [0.25, 0.3) is 5.52 Å². The van der Waals surface area contributed by atoms with Gasteiger partial charge in [0.25, 0.3) is 5.56 Å². The SMILES string of the molecule is Nc1ccc2cccc(Cl)n2c1=O. The van der Waals surface area contributed by atoms with Crippen LogP contribution in [-0.4, -0.2) is 4.40 Å². The number of nitrogens with zero attached hydrogens (tertiary/aromatic N) is 1. The summed E-state index contributed by atoms with van der Waals surface area (Å²) in [6, 6.07) is 8.56. The third-order valence-corrected chi connectivity index (χ3v) is 2.15. The van der Waals surface area contributed by atoms with Gasteiger partial charge in [-0.3, -0.25) is 9.20 Å². The van der Waals surface area contributed by atoms with Crippen LogP contribution in [0.4, 0.5) is 5.69 Å². The predicted octanol–water partition coefficient (Wildman–Crippen LogP) is 1.54. The highest BCUT2D eigenvalue weighted by molar-refractivity contribution is 6.29. The fourth-order valence-electron chi connectivity index (χ4n) is 1.22. The van der Waals surface area contributed by atoms with Crippen molar-refractivity contribution < 1.29 is 0 Å². The molecule has 0 radical (unpaired) electrons. The molecule has 0 unspecified atom stereocenters. The minimum atomic E-state index is -0.275. The Balaban J connectivity index is 3.06. The molecule has 0 amide bonds. The molecule has 4 heteroatoms. The van der Waals surface area contributed by atoms with Crippen molar-refractivity contribution in [3.8, 4) is 0 Å². The van der Waals surface area contributed by atoms with E-state index in [1.165, 1.54) is 4.40 Å². The van der Waals surface area contributed by atoms with Crippen LogP contribution in [0.3, 0.4) is 0 Å². The molecule has 0 bridgehead atoms. The van der Waals surface area contributed by atoms with Gasteiger partial charge in [-0.15, -0.1) is 0 Å². The van der Waals surface area contributed by atoms with Gasteiger partial charge in [-0.2, -0.15) is 0 Å². The second kappa shape index (κ2) is 2.78. The fourth-order valence-corrected chi connectivity index (χ4v) is 1.47. The average molecular weight is 195 g/mol. The summed E-state index contributed by atoms with van der Waals surface area (Å²) in [6.07, 6.45) is 0. The first-order valence-electron chi connectivity index (χ1n) is 3.76. The van der Waals surface area contributed by atoms with Crippen LogP contribution >= 0.6 is 11.6 Å². The molecule has 0 saturated heterocycles. The number of anilines is 1. The van der Waals surface area contributed by atoms with Crippen LogP contribution in [0.5, 0.6) is 0 Å². The molecule has 0 aliphatic rings. The summed E-state index contributed by atoms with van der Waals surface area (Å²) in [5.41, 5.74) is 6.13. The first kappa shape index (κ1) is 8.13. The number of aromatic nitrogens is 1. The van der Waals surface area contributed by atoms with Crippen LogP contribution in [-0.2, 0) is 0 Å². The number of pyridine rings is 2. The summed E-state index contributed by atoms with van der Waals surface area (Å²) in [5.74, 6) is 0. The molecule has 0 aromatic carbocycles. The number of hydrogen-bond donors (Lipinski definition) is 1. The van der Waals surface area contributed by atoms with Crippen molar-refractivity contribution in [2.75, 3.05) is 5.73 Å². The largest absolute Gasteiger partial charge is 0.394 e. The van der Waals surface area contributed by atoms with E-state index < -0.39 is 0 Å². The van der Waals surface area contributed by atoms with Crippen LogP contribution in [0.2, 0.25) is 5.15 Å². The molecule has 0 fully saturated rings. The third-order valence-electron chi connectivity index (χ3n) is 1.86. The van der Waals surface area contributed by atoms with Crippen LogP contribution in [0, 0.1) is 0 Å². The zero-order valence-electron chi connectivity index (χ0n) is 6.70. The molecule has 0 saturated carbocycles. The van der Waals surface area contributed by atoms with Crippen molar-refractivity contribution in [2.24, 2.45) is 0 Å². The van der Waals surface area contributed by atoms with Gasteiger partial charge >= 0.3 is 0 Å². The van der Waals surface area contributed by atoms with Crippen molar-refractivity contribution in [3.05, 3.63) is 45.8 Å². The number of hydrogen-bond acceptors (Lipinski definition) is 2. The van der Waals surface area contributed by atoms with Crippen molar-refractivity contribution in [1.29, 1.82) is 0 Å². The number of halogens is 1. The summed E-state index contributed by atoms with van der Waals surface area (Å²) >= 11 is 5.84. The molecule has 0 atom stereocenters. The Labute approximate surface area is 79.4 Å². The Bertz CT molecular complexity index is 518. The van der Waals surface area contributed by atoms with Crippen molar-refractivity contribution in [3.63, 3.8) is 0 Å². The Morgan fingerprint density at radius 2 is 2.00 bits per heavy atom. The van der Waals surface area contributed by atoms with E-state index in [1.807, 2.05) is 0 Å². The Hall–Kier alpha value is -1.48. The Kier molecular flexibility index (Phi) is 1.74. The van der Waals surface area contributed by atoms with Gasteiger partial charge in [0.1, 0.15) is 5.15 Å². The molecule has 13 heavy (non-hydrogen) atoms. The maximum atomic E-state index is 11.5. The zero-order chi connectivity index (χ0) is 9.42. The van der Waals surface area contributed by atoms with Crippen LogP contribution in [0.1, 0.15) is 0 Å². The van der Waals surface area contributed by atoms with E-state index in [9.17, 15) is 4.79 Å². The van der Waals surface area contributed by atoms with Gasteiger partial charge in [0.05, 0.1) is 11.2 Å².